The van der Waals surface area contributed by atoms with Crippen LogP contribution in [-0.4, -0.2) is 62.3 Å². The number of methoxy groups -OCH3 is 1. The Bertz CT molecular complexity index is 999. The highest BCUT2D eigenvalue weighted by Gasteiger charge is 2.28. The molecule has 2 aromatic carbocycles. The number of hydrogen-bond donors (Lipinski definition) is 0. The van der Waals surface area contributed by atoms with Gasteiger partial charge >= 0.3 is 6.09 Å². The summed E-state index contributed by atoms with van der Waals surface area (Å²) in [5, 5.41) is 9.07. The summed E-state index contributed by atoms with van der Waals surface area (Å²) in [6.45, 7) is 7.20. The second kappa shape index (κ2) is 11.4. The van der Waals surface area contributed by atoms with E-state index in [9.17, 15) is 4.79 Å². The standard InChI is InChI=1S/C28H35N3O3/c1-3-34-28(32)31-16-10-22(11-17-31)20-30-14-12-24(13-15-30)26-18-25(8-9-27(26)33-2)23-6-4-21(19-29)5-7-23/h4-9,18,22,24H,3,10-17,20H2,1-2H3. The van der Waals surface area contributed by atoms with E-state index in [4.69, 9.17) is 14.7 Å². The Kier molecular flexibility index (Phi) is 8.08. The number of benzene rings is 2. The van der Waals surface area contributed by atoms with Crippen LogP contribution in [0.5, 0.6) is 5.75 Å². The number of hydrogen-bond acceptors (Lipinski definition) is 5. The molecule has 1 amide bonds. The fraction of sp³-hybridized carbons (Fsp3) is 0.500. The predicted octanol–water partition coefficient (Wildman–Crippen LogP) is 5.28. The number of rotatable bonds is 6. The van der Waals surface area contributed by atoms with Gasteiger partial charge in [-0.1, -0.05) is 18.2 Å². The zero-order valence-electron chi connectivity index (χ0n) is 20.3. The third kappa shape index (κ3) is 5.71. The van der Waals surface area contributed by atoms with E-state index >= 15 is 0 Å². The lowest BCUT2D eigenvalue weighted by Gasteiger charge is -2.37. The molecule has 6 nitrogen and oxygen atoms in total. The molecule has 6 heteroatoms. The summed E-state index contributed by atoms with van der Waals surface area (Å²) < 4.78 is 10.9. The first-order valence-corrected chi connectivity index (χ1v) is 12.4. The number of nitrogens with zero attached hydrogens (tertiary/aromatic N) is 3. The summed E-state index contributed by atoms with van der Waals surface area (Å²) in [4.78, 5) is 16.4. The van der Waals surface area contributed by atoms with Gasteiger partial charge in [0.15, 0.2) is 0 Å². The number of ether oxygens (including phenoxy) is 2. The zero-order valence-corrected chi connectivity index (χ0v) is 20.3. The van der Waals surface area contributed by atoms with Crippen LogP contribution in [0.15, 0.2) is 42.5 Å². The van der Waals surface area contributed by atoms with Crippen LogP contribution in [0.25, 0.3) is 11.1 Å². The Labute approximate surface area is 203 Å². The molecule has 2 aromatic rings. The molecule has 2 heterocycles. The number of carbonyl (C=O) groups is 1. The fourth-order valence-corrected chi connectivity index (χ4v) is 5.27. The van der Waals surface area contributed by atoms with Crippen molar-refractivity contribution >= 4 is 6.09 Å². The molecule has 0 bridgehead atoms. The van der Waals surface area contributed by atoms with Crippen LogP contribution >= 0.6 is 0 Å². The van der Waals surface area contributed by atoms with Crippen molar-refractivity contribution < 1.29 is 14.3 Å². The minimum Gasteiger partial charge on any atom is -0.496 e. The van der Waals surface area contributed by atoms with Crippen LogP contribution in [-0.2, 0) is 4.74 Å². The summed E-state index contributed by atoms with van der Waals surface area (Å²) >= 11 is 0. The van der Waals surface area contributed by atoms with E-state index in [0.29, 0.717) is 24.0 Å². The summed E-state index contributed by atoms with van der Waals surface area (Å²) in [5.74, 6) is 2.09. The molecule has 0 unspecified atom stereocenters. The highest BCUT2D eigenvalue weighted by molar-refractivity contribution is 5.68. The number of likely N-dealkylation sites (tertiary alicyclic amines) is 2. The minimum atomic E-state index is -0.168. The monoisotopic (exact) mass is 461 g/mol. The molecule has 4 rings (SSSR count). The molecule has 0 aliphatic carbocycles. The van der Waals surface area contributed by atoms with Gasteiger partial charge in [0.2, 0.25) is 0 Å². The molecule has 34 heavy (non-hydrogen) atoms. The number of piperidine rings is 2. The van der Waals surface area contributed by atoms with Crippen LogP contribution in [0.1, 0.15) is 49.7 Å². The van der Waals surface area contributed by atoms with Gasteiger partial charge in [0, 0.05) is 19.6 Å². The van der Waals surface area contributed by atoms with E-state index < -0.39 is 0 Å². The van der Waals surface area contributed by atoms with E-state index in [2.05, 4.69) is 29.2 Å². The van der Waals surface area contributed by atoms with E-state index in [1.807, 2.05) is 36.1 Å². The first-order chi connectivity index (χ1) is 16.6. The Morgan fingerprint density at radius 1 is 1.00 bits per heavy atom. The van der Waals surface area contributed by atoms with Crippen molar-refractivity contribution in [3.8, 4) is 22.9 Å². The van der Waals surface area contributed by atoms with Crippen LogP contribution in [0.4, 0.5) is 4.79 Å². The molecule has 2 saturated heterocycles. The lowest BCUT2D eigenvalue weighted by atomic mass is 9.86. The molecule has 2 aliphatic rings. The van der Waals surface area contributed by atoms with Crippen molar-refractivity contribution in [1.29, 1.82) is 5.26 Å². The van der Waals surface area contributed by atoms with Crippen molar-refractivity contribution in [3.05, 3.63) is 53.6 Å². The van der Waals surface area contributed by atoms with Crippen LogP contribution < -0.4 is 4.74 Å². The molecule has 2 aliphatic heterocycles. The lowest BCUT2D eigenvalue weighted by molar-refractivity contribution is 0.0830. The Hall–Kier alpha value is -3.04. The largest absolute Gasteiger partial charge is 0.496 e. The molecular weight excluding hydrogens is 426 g/mol. The average molecular weight is 462 g/mol. The molecule has 0 atom stereocenters. The Morgan fingerprint density at radius 2 is 1.68 bits per heavy atom. The Balaban J connectivity index is 1.34. The maximum absolute atomic E-state index is 11.9. The van der Waals surface area contributed by atoms with Crippen molar-refractivity contribution in [2.75, 3.05) is 46.4 Å². The Morgan fingerprint density at radius 3 is 2.29 bits per heavy atom. The van der Waals surface area contributed by atoms with Crippen LogP contribution in [0.2, 0.25) is 0 Å². The molecule has 0 radical (unpaired) electrons. The van der Waals surface area contributed by atoms with E-state index in [-0.39, 0.29) is 6.09 Å². The van der Waals surface area contributed by atoms with Crippen LogP contribution in [0.3, 0.4) is 0 Å². The topological polar surface area (TPSA) is 65.8 Å². The van der Waals surface area contributed by atoms with Gasteiger partial charge in [-0.15, -0.1) is 0 Å². The highest BCUT2D eigenvalue weighted by Crippen LogP contribution is 2.37. The van der Waals surface area contributed by atoms with Crippen molar-refractivity contribution in [3.63, 3.8) is 0 Å². The summed E-state index contributed by atoms with van der Waals surface area (Å²) in [6, 6.07) is 16.4. The average Bonchev–Trinajstić information content (AvgIpc) is 2.89. The first-order valence-electron chi connectivity index (χ1n) is 12.4. The lowest BCUT2D eigenvalue weighted by Crippen LogP contribution is -2.43. The number of carbonyl (C=O) groups excluding carboxylic acids is 1. The molecule has 0 spiro atoms. The molecule has 180 valence electrons. The predicted molar refractivity (Wildman–Crippen MR) is 133 cm³/mol. The van der Waals surface area contributed by atoms with Crippen molar-refractivity contribution in [2.45, 2.75) is 38.5 Å². The fourth-order valence-electron chi connectivity index (χ4n) is 5.27. The molecule has 2 fully saturated rings. The summed E-state index contributed by atoms with van der Waals surface area (Å²) in [5.41, 5.74) is 4.24. The van der Waals surface area contributed by atoms with E-state index in [0.717, 1.165) is 75.3 Å². The smallest absolute Gasteiger partial charge is 0.409 e. The number of nitriles is 1. The third-order valence-electron chi connectivity index (χ3n) is 7.26. The van der Waals surface area contributed by atoms with Gasteiger partial charge in [0.1, 0.15) is 5.75 Å². The van der Waals surface area contributed by atoms with Gasteiger partial charge in [-0.3, -0.25) is 0 Å². The second-order valence-corrected chi connectivity index (χ2v) is 9.35. The van der Waals surface area contributed by atoms with Gasteiger partial charge in [0.25, 0.3) is 0 Å². The molecule has 0 saturated carbocycles. The van der Waals surface area contributed by atoms with Gasteiger partial charge in [0.05, 0.1) is 25.3 Å². The summed E-state index contributed by atoms with van der Waals surface area (Å²) in [6.07, 6.45) is 4.18. The quantitative estimate of drug-likeness (QED) is 0.585. The zero-order chi connectivity index (χ0) is 23.9. The third-order valence-corrected chi connectivity index (χ3v) is 7.26. The van der Waals surface area contributed by atoms with Crippen molar-refractivity contribution in [1.82, 2.24) is 9.80 Å². The first kappa shape index (κ1) is 24.1. The summed E-state index contributed by atoms with van der Waals surface area (Å²) in [7, 11) is 1.75. The van der Waals surface area contributed by atoms with Gasteiger partial charge in [-0.2, -0.15) is 5.26 Å². The minimum absolute atomic E-state index is 0.168. The highest BCUT2D eigenvalue weighted by atomic mass is 16.6. The van der Waals surface area contributed by atoms with E-state index in [1.165, 1.54) is 5.56 Å². The number of amides is 1. The maximum atomic E-state index is 11.9. The van der Waals surface area contributed by atoms with Crippen LogP contribution in [0, 0.1) is 17.2 Å². The second-order valence-electron chi connectivity index (χ2n) is 9.35. The van der Waals surface area contributed by atoms with Gasteiger partial charge in [-0.25, -0.2) is 4.79 Å². The van der Waals surface area contributed by atoms with Gasteiger partial charge < -0.3 is 19.3 Å². The van der Waals surface area contributed by atoms with Crippen molar-refractivity contribution in [2.24, 2.45) is 5.92 Å². The van der Waals surface area contributed by atoms with Gasteiger partial charge in [-0.05, 0) is 98.5 Å². The van der Waals surface area contributed by atoms with E-state index in [1.54, 1.807) is 7.11 Å². The molecular formula is C28H35N3O3. The maximum Gasteiger partial charge on any atom is 0.409 e. The normalized spacial score (nSPS) is 17.9. The molecule has 0 aromatic heterocycles. The molecule has 0 N–H and O–H groups in total. The SMILES string of the molecule is CCOC(=O)N1CCC(CN2CCC(c3cc(-c4ccc(C#N)cc4)ccc3OC)CC2)CC1.